The Morgan fingerprint density at radius 2 is 1.73 bits per heavy atom. The molecule has 0 fully saturated rings. The number of nitrogens with zero attached hydrogens (tertiary/aromatic N) is 3. The predicted octanol–water partition coefficient (Wildman–Crippen LogP) is 3.81. The number of hydrogen-bond acceptors (Lipinski definition) is 9. The van der Waals surface area contributed by atoms with E-state index in [-0.39, 0.29) is 23.3 Å². The second kappa shape index (κ2) is 10.5. The highest BCUT2D eigenvalue weighted by atomic mass is 32.2. The summed E-state index contributed by atoms with van der Waals surface area (Å²) in [7, 11) is -6.94. The van der Waals surface area contributed by atoms with E-state index in [1.54, 1.807) is 0 Å². The number of benzene rings is 3. The van der Waals surface area contributed by atoms with Gasteiger partial charge in [-0.05, 0) is 41.0 Å². The maximum atomic E-state index is 13.7. The molecule has 1 atom stereocenters. The number of nitrogens with one attached hydrogen (secondary N) is 1. The van der Waals surface area contributed by atoms with Gasteiger partial charge in [0.1, 0.15) is 10.8 Å². The van der Waals surface area contributed by atoms with E-state index in [9.17, 15) is 21.2 Å². The van der Waals surface area contributed by atoms with E-state index < -0.39 is 37.5 Å². The normalized spacial score (nSPS) is 12.8. The maximum Gasteiger partial charge on any atom is 0.241 e. The molecule has 13 heteroatoms. The largest absolute Gasteiger partial charge is 0.422 e. The van der Waals surface area contributed by atoms with Crippen LogP contribution in [-0.2, 0) is 33.0 Å². The number of fused-ring (bicyclic) bond motifs is 1. The SMILES string of the molecule is O=[SH](=O)NCc1nnc(C(c2nc3ccc(-c4ccccc4)cc3s2)S(=O)(=O)Cc2ccc(F)cc2)o1. The van der Waals surface area contributed by atoms with Crippen LogP contribution in [0.2, 0.25) is 0 Å². The third-order valence-electron chi connectivity index (χ3n) is 5.44. The zero-order valence-electron chi connectivity index (χ0n) is 18.9. The molecule has 2 heterocycles. The lowest BCUT2D eigenvalue weighted by Crippen LogP contribution is -2.17. The number of aromatic nitrogens is 3. The summed E-state index contributed by atoms with van der Waals surface area (Å²) in [6.07, 6.45) is 0. The molecule has 0 saturated carbocycles. The molecule has 0 saturated heterocycles. The van der Waals surface area contributed by atoms with Crippen LogP contribution in [0, 0.1) is 5.82 Å². The Kier molecular flexibility index (Phi) is 7.11. The molecule has 0 amide bonds. The Morgan fingerprint density at radius 1 is 0.973 bits per heavy atom. The van der Waals surface area contributed by atoms with Crippen LogP contribution in [0.5, 0.6) is 0 Å². The van der Waals surface area contributed by atoms with Crippen molar-refractivity contribution < 1.29 is 25.6 Å². The van der Waals surface area contributed by atoms with E-state index in [0.29, 0.717) is 11.1 Å². The predicted molar refractivity (Wildman–Crippen MR) is 137 cm³/mol. The molecule has 5 aromatic rings. The second-order valence-corrected chi connectivity index (χ2v) is 12.0. The van der Waals surface area contributed by atoms with E-state index in [1.807, 2.05) is 48.5 Å². The van der Waals surface area contributed by atoms with Gasteiger partial charge in [-0.2, -0.15) is 0 Å². The molecule has 190 valence electrons. The molecule has 0 bridgehead atoms. The van der Waals surface area contributed by atoms with Gasteiger partial charge in [0.15, 0.2) is 15.1 Å². The third-order valence-corrected chi connectivity index (χ3v) is 8.97. The number of halogens is 1. The monoisotopic (exact) mass is 558 g/mol. The fraction of sp³-hybridized carbons (Fsp3) is 0.125. The summed E-state index contributed by atoms with van der Waals surface area (Å²) in [6.45, 7) is -0.281. The van der Waals surface area contributed by atoms with Crippen molar-refractivity contribution >= 4 is 42.3 Å². The van der Waals surface area contributed by atoms with E-state index in [4.69, 9.17) is 4.42 Å². The molecule has 0 aliphatic rings. The van der Waals surface area contributed by atoms with Crippen LogP contribution in [0.3, 0.4) is 0 Å². The first kappa shape index (κ1) is 25.1. The van der Waals surface area contributed by atoms with Gasteiger partial charge >= 0.3 is 0 Å². The average molecular weight is 559 g/mol. The fourth-order valence-electron chi connectivity index (χ4n) is 3.75. The molecule has 0 spiro atoms. The van der Waals surface area contributed by atoms with Crippen molar-refractivity contribution in [3.63, 3.8) is 0 Å². The van der Waals surface area contributed by atoms with Gasteiger partial charge in [0, 0.05) is 0 Å². The topological polar surface area (TPSA) is 132 Å². The van der Waals surface area contributed by atoms with Crippen LogP contribution in [0.4, 0.5) is 4.39 Å². The van der Waals surface area contributed by atoms with Gasteiger partial charge < -0.3 is 4.42 Å². The number of thiol groups is 1. The highest BCUT2D eigenvalue weighted by molar-refractivity contribution is 7.91. The zero-order chi connectivity index (χ0) is 26.0. The minimum Gasteiger partial charge on any atom is -0.422 e. The van der Waals surface area contributed by atoms with E-state index in [1.165, 1.54) is 35.6 Å². The molecule has 1 N–H and O–H groups in total. The highest BCUT2D eigenvalue weighted by Crippen LogP contribution is 2.38. The summed E-state index contributed by atoms with van der Waals surface area (Å²) in [6, 6.07) is 20.5. The van der Waals surface area contributed by atoms with E-state index in [0.717, 1.165) is 15.8 Å². The van der Waals surface area contributed by atoms with Gasteiger partial charge in [0.25, 0.3) is 0 Å². The standard InChI is InChI=1S/C24H19FN4O5S3/c25-18-9-6-15(7-10-18)14-37(32,33)22(23-29-28-21(34-23)13-26-36(30)31)24-27-19-11-8-17(12-20(19)35-24)16-4-2-1-3-5-16/h1-12,22,36H,13-14H2,(H,26,30,31). The quantitative estimate of drug-likeness (QED) is 0.261. The molecule has 2 aromatic heterocycles. The molecule has 1 unspecified atom stereocenters. The number of rotatable bonds is 9. The Morgan fingerprint density at radius 3 is 2.46 bits per heavy atom. The smallest absolute Gasteiger partial charge is 0.241 e. The van der Waals surface area contributed by atoms with Gasteiger partial charge in [-0.3, -0.25) is 0 Å². The second-order valence-electron chi connectivity index (χ2n) is 8.04. The number of sulfone groups is 1. The Bertz CT molecular complexity index is 1730. The molecule has 9 nitrogen and oxygen atoms in total. The molecule has 3 aromatic carbocycles. The van der Waals surface area contributed by atoms with Crippen LogP contribution in [0.25, 0.3) is 21.3 Å². The minimum atomic E-state index is -4.03. The van der Waals surface area contributed by atoms with Crippen LogP contribution in [-0.4, -0.2) is 32.0 Å². The lowest BCUT2D eigenvalue weighted by atomic mass is 10.1. The van der Waals surface area contributed by atoms with Crippen molar-refractivity contribution in [2.45, 2.75) is 17.5 Å². The first-order chi connectivity index (χ1) is 17.8. The van der Waals surface area contributed by atoms with Crippen LogP contribution < -0.4 is 4.72 Å². The van der Waals surface area contributed by atoms with E-state index >= 15 is 0 Å². The van der Waals surface area contributed by atoms with Gasteiger partial charge in [0.2, 0.25) is 22.7 Å². The molecule has 0 aliphatic heterocycles. The third kappa shape index (κ3) is 5.74. The molecule has 0 aliphatic carbocycles. The summed E-state index contributed by atoms with van der Waals surface area (Å²) in [5.74, 6) is -1.24. The van der Waals surface area contributed by atoms with Crippen molar-refractivity contribution in [3.05, 3.63) is 101 Å². The van der Waals surface area contributed by atoms with Gasteiger partial charge in [-0.25, -0.2) is 30.9 Å². The van der Waals surface area contributed by atoms with Crippen molar-refractivity contribution in [3.8, 4) is 11.1 Å². The Labute approximate surface area is 217 Å². The first-order valence-corrected chi connectivity index (χ1v) is 14.6. The average Bonchev–Trinajstić information content (AvgIpc) is 3.51. The van der Waals surface area contributed by atoms with Crippen molar-refractivity contribution in [1.82, 2.24) is 19.9 Å². The van der Waals surface area contributed by atoms with Gasteiger partial charge in [0.05, 0.1) is 22.5 Å². The fourth-order valence-corrected chi connectivity index (χ4v) is 7.17. The molecule has 5 rings (SSSR count). The van der Waals surface area contributed by atoms with Crippen LogP contribution in [0.1, 0.15) is 27.6 Å². The number of thiazole rings is 1. The molecule has 37 heavy (non-hydrogen) atoms. The number of hydrogen-bond donors (Lipinski definition) is 2. The highest BCUT2D eigenvalue weighted by Gasteiger charge is 2.37. The summed E-state index contributed by atoms with van der Waals surface area (Å²) in [4.78, 5) is 4.57. The van der Waals surface area contributed by atoms with Crippen molar-refractivity contribution in [2.24, 2.45) is 0 Å². The zero-order valence-corrected chi connectivity index (χ0v) is 21.5. The van der Waals surface area contributed by atoms with Crippen molar-refractivity contribution in [1.29, 1.82) is 0 Å². The lowest BCUT2D eigenvalue weighted by Gasteiger charge is -2.12. The Hall–Kier alpha value is -3.52. The molecular formula is C24H19FN4O5S3. The molecule has 0 radical (unpaired) electrons. The first-order valence-electron chi connectivity index (χ1n) is 10.9. The van der Waals surface area contributed by atoms with Crippen molar-refractivity contribution in [2.75, 3.05) is 0 Å². The minimum absolute atomic E-state index is 0.0938. The van der Waals surface area contributed by atoms with E-state index in [2.05, 4.69) is 19.9 Å². The van der Waals surface area contributed by atoms with Crippen LogP contribution in [0.15, 0.2) is 77.2 Å². The summed E-state index contributed by atoms with van der Waals surface area (Å²) in [5, 5.41) is 6.51. The van der Waals surface area contributed by atoms with Crippen LogP contribution >= 0.6 is 11.3 Å². The lowest BCUT2D eigenvalue weighted by molar-refractivity contribution is 0.444. The summed E-state index contributed by atoms with van der Waals surface area (Å²) in [5.41, 5.74) is 2.94. The maximum absolute atomic E-state index is 13.7. The summed E-state index contributed by atoms with van der Waals surface area (Å²) < 4.78 is 70.9. The summed E-state index contributed by atoms with van der Waals surface area (Å²) >= 11 is 1.19. The Balaban J connectivity index is 1.56. The van der Waals surface area contributed by atoms with Gasteiger partial charge in [-0.1, -0.05) is 48.5 Å². The van der Waals surface area contributed by atoms with Gasteiger partial charge in [-0.15, -0.1) is 21.5 Å². The molecular weight excluding hydrogens is 539 g/mol.